The highest BCUT2D eigenvalue weighted by Crippen LogP contribution is 2.29. The molecule has 0 fully saturated rings. The monoisotopic (exact) mass is 256 g/mol. The first-order valence-electron chi connectivity index (χ1n) is 5.54. The Balaban J connectivity index is 2.24. The van der Waals surface area contributed by atoms with Gasteiger partial charge in [-0.05, 0) is 42.2 Å². The Morgan fingerprint density at radius 1 is 1.17 bits per heavy atom. The summed E-state index contributed by atoms with van der Waals surface area (Å²) in [5, 5.41) is 0. The van der Waals surface area contributed by atoms with Gasteiger partial charge in [-0.15, -0.1) is 13.2 Å². The van der Waals surface area contributed by atoms with E-state index < -0.39 is 6.36 Å². The topological polar surface area (TPSA) is 26.3 Å². The summed E-state index contributed by atoms with van der Waals surface area (Å²) >= 11 is 0. The molecule has 0 aliphatic heterocycles. The van der Waals surface area contributed by atoms with Gasteiger partial charge in [0.25, 0.3) is 0 Å². The Labute approximate surface area is 102 Å². The van der Waals surface area contributed by atoms with Crippen molar-refractivity contribution in [2.45, 2.75) is 25.6 Å². The van der Waals surface area contributed by atoms with Crippen molar-refractivity contribution in [1.82, 2.24) is 0 Å². The average molecular weight is 256 g/mol. The van der Waals surface area contributed by atoms with Gasteiger partial charge in [0.2, 0.25) is 0 Å². The molecule has 1 aliphatic rings. The van der Waals surface area contributed by atoms with Crippen LogP contribution in [-0.2, 0) is 4.79 Å². The molecular weight excluding hydrogens is 245 g/mol. The molecule has 0 heterocycles. The lowest BCUT2D eigenvalue weighted by atomic mass is 9.93. The first-order chi connectivity index (χ1) is 8.44. The van der Waals surface area contributed by atoms with Crippen LogP contribution in [0.3, 0.4) is 0 Å². The molecule has 0 unspecified atom stereocenters. The first kappa shape index (κ1) is 12.7. The number of halogens is 3. The lowest BCUT2D eigenvalue weighted by Crippen LogP contribution is -2.17. The largest absolute Gasteiger partial charge is 0.573 e. The highest BCUT2D eigenvalue weighted by atomic mass is 19.4. The van der Waals surface area contributed by atoms with Crippen LogP contribution in [0.15, 0.2) is 30.3 Å². The third-order valence-corrected chi connectivity index (χ3v) is 2.64. The maximum Gasteiger partial charge on any atom is 0.573 e. The summed E-state index contributed by atoms with van der Waals surface area (Å²) in [6, 6.07) is 5.70. The Hall–Kier alpha value is -1.78. The van der Waals surface area contributed by atoms with Gasteiger partial charge in [0.15, 0.2) is 5.78 Å². The molecule has 18 heavy (non-hydrogen) atoms. The molecule has 1 aliphatic carbocycles. The van der Waals surface area contributed by atoms with Crippen molar-refractivity contribution >= 4 is 11.4 Å². The van der Waals surface area contributed by atoms with Crippen molar-refractivity contribution in [2.24, 2.45) is 0 Å². The van der Waals surface area contributed by atoms with Gasteiger partial charge in [-0.3, -0.25) is 4.79 Å². The molecule has 5 heteroatoms. The van der Waals surface area contributed by atoms with E-state index in [4.69, 9.17) is 0 Å². The Bertz CT molecular complexity index is 489. The fraction of sp³-hybridized carbons (Fsp3) is 0.308. The van der Waals surface area contributed by atoms with Gasteiger partial charge in [-0.2, -0.15) is 0 Å². The highest BCUT2D eigenvalue weighted by Gasteiger charge is 2.31. The number of hydrogen-bond donors (Lipinski definition) is 0. The summed E-state index contributed by atoms with van der Waals surface area (Å²) in [7, 11) is 0. The predicted molar refractivity (Wildman–Crippen MR) is 60.0 cm³/mol. The number of ether oxygens (including phenoxy) is 1. The van der Waals surface area contributed by atoms with Crippen LogP contribution >= 0.6 is 0 Å². The molecule has 0 radical (unpaired) electrons. The van der Waals surface area contributed by atoms with Gasteiger partial charge < -0.3 is 4.74 Å². The van der Waals surface area contributed by atoms with E-state index in [1.807, 2.05) is 0 Å². The standard InChI is InChI=1S/C13H11F3O2/c14-13(15,16)18-12-6-2-4-10(8-12)9-3-1-5-11(17)7-9/h2,4,6-8H,1,3,5H2. The summed E-state index contributed by atoms with van der Waals surface area (Å²) in [5.74, 6) is -0.252. The Morgan fingerprint density at radius 3 is 2.61 bits per heavy atom. The quantitative estimate of drug-likeness (QED) is 0.806. The molecular formula is C13H11F3O2. The smallest absolute Gasteiger partial charge is 0.406 e. The molecule has 0 N–H and O–H groups in total. The van der Waals surface area contributed by atoms with Crippen LogP contribution in [0.25, 0.3) is 5.57 Å². The van der Waals surface area contributed by atoms with Gasteiger partial charge in [-0.1, -0.05) is 12.1 Å². The minimum absolute atomic E-state index is 0.0124. The number of carbonyl (C=O) groups is 1. The van der Waals surface area contributed by atoms with E-state index in [-0.39, 0.29) is 11.5 Å². The lowest BCUT2D eigenvalue weighted by Gasteiger charge is -2.14. The van der Waals surface area contributed by atoms with Crippen molar-refractivity contribution in [3.05, 3.63) is 35.9 Å². The fourth-order valence-electron chi connectivity index (χ4n) is 1.91. The first-order valence-corrected chi connectivity index (χ1v) is 5.54. The predicted octanol–water partition coefficient (Wildman–Crippen LogP) is 3.72. The minimum atomic E-state index is -4.70. The van der Waals surface area contributed by atoms with Crippen LogP contribution in [0.5, 0.6) is 5.75 Å². The van der Waals surface area contributed by atoms with E-state index in [0.29, 0.717) is 18.4 Å². The molecule has 0 atom stereocenters. The Morgan fingerprint density at radius 2 is 1.94 bits per heavy atom. The van der Waals surface area contributed by atoms with E-state index in [1.165, 1.54) is 24.3 Å². The molecule has 0 amide bonds. The summed E-state index contributed by atoms with van der Waals surface area (Å²) in [6.45, 7) is 0. The SMILES string of the molecule is O=C1C=C(c2cccc(OC(F)(F)F)c2)CCC1. The van der Waals surface area contributed by atoms with Crippen LogP contribution < -0.4 is 4.74 Å². The highest BCUT2D eigenvalue weighted by molar-refractivity contribution is 5.98. The number of alkyl halides is 3. The van der Waals surface area contributed by atoms with E-state index in [9.17, 15) is 18.0 Å². The van der Waals surface area contributed by atoms with Gasteiger partial charge in [0.1, 0.15) is 5.75 Å². The van der Waals surface area contributed by atoms with Crippen molar-refractivity contribution in [3.63, 3.8) is 0 Å². The van der Waals surface area contributed by atoms with Crippen LogP contribution in [0.1, 0.15) is 24.8 Å². The number of rotatable bonds is 2. The maximum atomic E-state index is 12.1. The molecule has 0 saturated carbocycles. The second-order valence-electron chi connectivity index (χ2n) is 4.07. The third kappa shape index (κ3) is 3.35. The van der Waals surface area contributed by atoms with Gasteiger partial charge in [0, 0.05) is 6.42 Å². The molecule has 96 valence electrons. The van der Waals surface area contributed by atoms with Gasteiger partial charge in [0.05, 0.1) is 0 Å². The zero-order valence-electron chi connectivity index (χ0n) is 9.46. The summed E-state index contributed by atoms with van der Waals surface area (Å²) in [4.78, 5) is 11.3. The van der Waals surface area contributed by atoms with E-state index >= 15 is 0 Å². The summed E-state index contributed by atoms with van der Waals surface area (Å²) in [5.41, 5.74) is 1.36. The summed E-state index contributed by atoms with van der Waals surface area (Å²) < 4.78 is 40.1. The van der Waals surface area contributed by atoms with E-state index in [0.717, 1.165) is 12.0 Å². The van der Waals surface area contributed by atoms with Crippen molar-refractivity contribution in [2.75, 3.05) is 0 Å². The van der Waals surface area contributed by atoms with Crippen LogP contribution in [0, 0.1) is 0 Å². The van der Waals surface area contributed by atoms with Gasteiger partial charge >= 0.3 is 6.36 Å². The van der Waals surface area contributed by atoms with Crippen LogP contribution in [-0.4, -0.2) is 12.1 Å². The molecule has 1 aromatic carbocycles. The zero-order chi connectivity index (χ0) is 13.2. The number of benzene rings is 1. The normalized spacial score (nSPS) is 16.4. The van der Waals surface area contributed by atoms with Crippen molar-refractivity contribution in [1.29, 1.82) is 0 Å². The molecule has 0 bridgehead atoms. The zero-order valence-corrected chi connectivity index (χ0v) is 9.46. The van der Waals surface area contributed by atoms with Crippen LogP contribution in [0.4, 0.5) is 13.2 Å². The maximum absolute atomic E-state index is 12.1. The number of carbonyl (C=O) groups excluding carboxylic acids is 1. The molecule has 0 spiro atoms. The Kier molecular flexibility index (Phi) is 3.41. The molecule has 0 saturated heterocycles. The molecule has 1 aromatic rings. The van der Waals surface area contributed by atoms with E-state index in [2.05, 4.69) is 4.74 Å². The molecule has 2 nitrogen and oxygen atoms in total. The number of hydrogen-bond acceptors (Lipinski definition) is 2. The fourth-order valence-corrected chi connectivity index (χ4v) is 1.91. The number of allylic oxidation sites excluding steroid dienone is 2. The second kappa shape index (κ2) is 4.84. The number of ketones is 1. The minimum Gasteiger partial charge on any atom is -0.406 e. The van der Waals surface area contributed by atoms with E-state index in [1.54, 1.807) is 6.07 Å². The molecule has 0 aromatic heterocycles. The van der Waals surface area contributed by atoms with Crippen molar-refractivity contribution < 1.29 is 22.7 Å². The molecule has 2 rings (SSSR count). The lowest BCUT2D eigenvalue weighted by molar-refractivity contribution is -0.274. The van der Waals surface area contributed by atoms with Crippen molar-refractivity contribution in [3.8, 4) is 5.75 Å². The van der Waals surface area contributed by atoms with Gasteiger partial charge in [-0.25, -0.2) is 0 Å². The average Bonchev–Trinajstić information content (AvgIpc) is 2.27. The van der Waals surface area contributed by atoms with Crippen LogP contribution in [0.2, 0.25) is 0 Å². The third-order valence-electron chi connectivity index (χ3n) is 2.64. The summed E-state index contributed by atoms with van der Waals surface area (Å²) in [6.07, 6.45) is -1.27. The second-order valence-corrected chi connectivity index (χ2v) is 4.07.